The molecular weight excluding hydrogens is 191 g/mol. The van der Waals surface area contributed by atoms with Gasteiger partial charge in [0.15, 0.2) is 0 Å². The summed E-state index contributed by atoms with van der Waals surface area (Å²) in [5.74, 6) is -1.01. The van der Waals surface area contributed by atoms with E-state index in [2.05, 4.69) is 4.98 Å². The number of hydrogen-bond donors (Lipinski definition) is 1. The van der Waals surface area contributed by atoms with Gasteiger partial charge >= 0.3 is 11.8 Å². The van der Waals surface area contributed by atoms with Gasteiger partial charge in [0.05, 0.1) is 6.20 Å². The molecule has 0 radical (unpaired) electrons. The summed E-state index contributed by atoms with van der Waals surface area (Å²) in [4.78, 5) is 13.3. The van der Waals surface area contributed by atoms with E-state index in [1.165, 1.54) is 6.07 Å². The van der Waals surface area contributed by atoms with Crippen molar-refractivity contribution < 1.29 is 9.31 Å². The number of aromatic nitrogens is 2. The first-order valence-electron chi connectivity index (χ1n) is 3.67. The van der Waals surface area contributed by atoms with Gasteiger partial charge in [-0.3, -0.25) is 4.40 Å². The summed E-state index contributed by atoms with van der Waals surface area (Å²) in [6.45, 7) is 0. The van der Waals surface area contributed by atoms with Crippen LogP contribution < -0.4 is 5.73 Å². The summed E-state index contributed by atoms with van der Waals surface area (Å²) in [6, 6.07) is 2.38. The molecule has 2 aromatic rings. The van der Waals surface area contributed by atoms with Crippen molar-refractivity contribution in [1.82, 2.24) is 9.38 Å². The third-order valence-corrected chi connectivity index (χ3v) is 1.78. The number of nitrogens with two attached hydrogens (primary N) is 1. The molecule has 0 bridgehead atoms. The molecule has 0 aromatic carbocycles. The Kier molecular flexibility index (Phi) is 1.60. The fourth-order valence-corrected chi connectivity index (χ4v) is 1.20. The van der Waals surface area contributed by atoms with Crippen LogP contribution in [0.1, 0.15) is 0 Å². The predicted octanol–water partition coefficient (Wildman–Crippen LogP) is 0.964. The maximum absolute atomic E-state index is 12.8. The Hall–Kier alpha value is -2.18. The molecule has 6 nitrogen and oxygen atoms in total. The first kappa shape index (κ1) is 8.42. The van der Waals surface area contributed by atoms with Crippen LogP contribution in [0.4, 0.5) is 16.2 Å². The lowest BCUT2D eigenvalue weighted by Gasteiger charge is -1.93. The lowest BCUT2D eigenvalue weighted by molar-refractivity contribution is -0.387. The number of pyridine rings is 1. The summed E-state index contributed by atoms with van der Waals surface area (Å²) in [5, 5.41) is 10.5. The summed E-state index contributed by atoms with van der Waals surface area (Å²) in [7, 11) is 0. The maximum atomic E-state index is 12.8. The number of halogens is 1. The predicted molar refractivity (Wildman–Crippen MR) is 46.2 cm³/mol. The molecule has 0 unspecified atom stereocenters. The van der Waals surface area contributed by atoms with E-state index in [9.17, 15) is 14.5 Å². The molecule has 0 spiro atoms. The lowest BCUT2D eigenvalue weighted by atomic mass is 10.4. The second-order valence-corrected chi connectivity index (χ2v) is 2.65. The molecule has 2 heterocycles. The number of rotatable bonds is 1. The molecule has 0 atom stereocenters. The van der Waals surface area contributed by atoms with Gasteiger partial charge in [-0.05, 0) is 17.1 Å². The van der Waals surface area contributed by atoms with Crippen molar-refractivity contribution in [2.45, 2.75) is 0 Å². The molecule has 2 N–H and O–H groups in total. The molecular formula is C7H5FN4O2. The number of fused-ring (bicyclic) bond motifs is 1. The minimum atomic E-state index is -0.663. The second kappa shape index (κ2) is 2.66. The highest BCUT2D eigenvalue weighted by molar-refractivity contribution is 5.65. The Labute approximate surface area is 76.9 Å². The molecule has 72 valence electrons. The number of nitrogens with zero attached hydrogens (tertiary/aromatic N) is 3. The van der Waals surface area contributed by atoms with Gasteiger partial charge in [0, 0.05) is 4.98 Å². The zero-order chi connectivity index (χ0) is 10.3. The molecule has 0 aliphatic heterocycles. The average molecular weight is 196 g/mol. The first-order chi connectivity index (χ1) is 6.59. The van der Waals surface area contributed by atoms with Crippen LogP contribution in [0.25, 0.3) is 5.52 Å². The van der Waals surface area contributed by atoms with Crippen LogP contribution in [0, 0.1) is 15.9 Å². The van der Waals surface area contributed by atoms with Gasteiger partial charge < -0.3 is 15.8 Å². The Bertz CT molecular complexity index is 522. The van der Waals surface area contributed by atoms with E-state index in [0.29, 0.717) is 0 Å². The van der Waals surface area contributed by atoms with E-state index in [1.807, 2.05) is 0 Å². The highest BCUT2D eigenvalue weighted by Crippen LogP contribution is 2.21. The minimum absolute atomic E-state index is 0.105. The highest BCUT2D eigenvalue weighted by Gasteiger charge is 2.19. The number of nitro groups is 1. The van der Waals surface area contributed by atoms with Gasteiger partial charge in [-0.1, -0.05) is 0 Å². The van der Waals surface area contributed by atoms with Gasteiger partial charge in [-0.2, -0.15) is 0 Å². The number of hydrogen-bond acceptors (Lipinski definition) is 4. The van der Waals surface area contributed by atoms with Crippen LogP contribution in [-0.2, 0) is 0 Å². The molecule has 0 saturated heterocycles. The molecule has 2 rings (SSSR count). The van der Waals surface area contributed by atoms with Gasteiger partial charge in [0.1, 0.15) is 11.3 Å². The van der Waals surface area contributed by atoms with E-state index < -0.39 is 10.7 Å². The quantitative estimate of drug-likeness (QED) is 0.543. The maximum Gasteiger partial charge on any atom is 0.391 e. The van der Waals surface area contributed by atoms with Crippen molar-refractivity contribution in [2.24, 2.45) is 0 Å². The molecule has 14 heavy (non-hydrogen) atoms. The van der Waals surface area contributed by atoms with E-state index in [-0.39, 0.29) is 17.3 Å². The Morgan fingerprint density at radius 2 is 2.29 bits per heavy atom. The van der Waals surface area contributed by atoms with Crippen LogP contribution >= 0.6 is 0 Å². The Morgan fingerprint density at radius 3 is 2.93 bits per heavy atom. The van der Waals surface area contributed by atoms with E-state index >= 15 is 0 Å². The average Bonchev–Trinajstić information content (AvgIpc) is 2.44. The third-order valence-electron chi connectivity index (χ3n) is 1.78. The molecule has 0 amide bonds. The molecule has 0 aliphatic carbocycles. The van der Waals surface area contributed by atoms with E-state index in [0.717, 1.165) is 16.7 Å². The van der Waals surface area contributed by atoms with Crippen LogP contribution in [0.3, 0.4) is 0 Å². The van der Waals surface area contributed by atoms with Crippen LogP contribution in [0.15, 0.2) is 18.3 Å². The van der Waals surface area contributed by atoms with Crippen molar-refractivity contribution in [3.8, 4) is 0 Å². The van der Waals surface area contributed by atoms with E-state index in [1.54, 1.807) is 0 Å². The fourth-order valence-electron chi connectivity index (χ4n) is 1.20. The first-order valence-corrected chi connectivity index (χ1v) is 3.67. The number of imidazole rings is 1. The van der Waals surface area contributed by atoms with Crippen LogP contribution in [0.5, 0.6) is 0 Å². The summed E-state index contributed by atoms with van der Waals surface area (Å²) >= 11 is 0. The molecule has 0 aliphatic rings. The largest absolute Gasteiger partial charge is 0.391 e. The summed E-state index contributed by atoms with van der Waals surface area (Å²) in [6.07, 6.45) is 1.05. The molecule has 2 aromatic heterocycles. The van der Waals surface area contributed by atoms with E-state index in [4.69, 9.17) is 5.73 Å². The van der Waals surface area contributed by atoms with Crippen molar-refractivity contribution in [2.75, 3.05) is 5.73 Å². The zero-order valence-electron chi connectivity index (χ0n) is 6.85. The van der Waals surface area contributed by atoms with Gasteiger partial charge in [-0.15, -0.1) is 0 Å². The van der Waals surface area contributed by atoms with Gasteiger partial charge in [-0.25, -0.2) is 4.39 Å². The van der Waals surface area contributed by atoms with Crippen molar-refractivity contribution in [3.05, 3.63) is 34.3 Å². The van der Waals surface area contributed by atoms with Gasteiger partial charge in [0.25, 0.3) is 0 Å². The Balaban J connectivity index is 2.84. The molecule has 7 heteroatoms. The standard InChI is InChI=1S/C7H5FN4O2/c8-4-1-2-5-6(12(13)14)10-7(9)11(5)3-4/h1-3H,(H2,9,10). The highest BCUT2D eigenvalue weighted by atomic mass is 19.1. The molecule has 0 fully saturated rings. The SMILES string of the molecule is Nc1nc([N+](=O)[O-])c2ccc(F)cn12. The molecule has 0 saturated carbocycles. The van der Waals surface area contributed by atoms with Crippen LogP contribution in [0.2, 0.25) is 0 Å². The fraction of sp³-hybridized carbons (Fsp3) is 0. The van der Waals surface area contributed by atoms with Gasteiger partial charge in [0.2, 0.25) is 0 Å². The Morgan fingerprint density at radius 1 is 1.57 bits per heavy atom. The minimum Gasteiger partial charge on any atom is -0.358 e. The zero-order valence-corrected chi connectivity index (χ0v) is 6.85. The lowest BCUT2D eigenvalue weighted by Crippen LogP contribution is -1.94. The summed E-state index contributed by atoms with van der Waals surface area (Å²) in [5.41, 5.74) is 5.54. The van der Waals surface area contributed by atoms with Crippen molar-refractivity contribution in [1.29, 1.82) is 0 Å². The van der Waals surface area contributed by atoms with Crippen molar-refractivity contribution >= 4 is 17.3 Å². The topological polar surface area (TPSA) is 86.5 Å². The summed E-state index contributed by atoms with van der Waals surface area (Å²) < 4.78 is 13.9. The number of nitrogen functional groups attached to an aromatic ring is 1. The van der Waals surface area contributed by atoms with Crippen molar-refractivity contribution in [3.63, 3.8) is 0 Å². The normalized spacial score (nSPS) is 10.6. The smallest absolute Gasteiger partial charge is 0.358 e. The van der Waals surface area contributed by atoms with Crippen LogP contribution in [-0.4, -0.2) is 14.3 Å². The third kappa shape index (κ3) is 1.06. The second-order valence-electron chi connectivity index (χ2n) is 2.65. The monoisotopic (exact) mass is 196 g/mol. The number of anilines is 1.